The fourth-order valence-corrected chi connectivity index (χ4v) is 3.71. The minimum atomic E-state index is 0.122. The molecule has 3 aliphatic rings. The van der Waals surface area contributed by atoms with Crippen molar-refractivity contribution in [2.24, 2.45) is 4.99 Å². The molecule has 124 valence electrons. The van der Waals surface area contributed by atoms with E-state index in [1.165, 1.54) is 3.58 Å². The van der Waals surface area contributed by atoms with E-state index < -0.39 is 0 Å². The molecular weight excluding hydrogens is 403 g/mol. The van der Waals surface area contributed by atoms with E-state index in [2.05, 4.69) is 81.9 Å². The first-order valence-corrected chi connectivity index (χ1v) is 8.94. The summed E-state index contributed by atoms with van der Waals surface area (Å²) in [4.78, 5) is 4.58. The molecule has 0 aromatic heterocycles. The fourth-order valence-electron chi connectivity index (χ4n) is 2.99. The van der Waals surface area contributed by atoms with Crippen molar-refractivity contribution < 1.29 is 4.59 Å². The maximum Gasteiger partial charge on any atom is 0.124 e. The zero-order valence-corrected chi connectivity index (χ0v) is 15.7. The average Bonchev–Trinajstić information content (AvgIpc) is 2.81. The Morgan fingerprint density at radius 3 is 3.04 bits per heavy atom. The summed E-state index contributed by atoms with van der Waals surface area (Å²) in [7, 11) is 0. The van der Waals surface area contributed by atoms with Gasteiger partial charge >= 0.3 is 0 Å². The molecule has 3 atom stereocenters. The van der Waals surface area contributed by atoms with Crippen LogP contribution in [0, 0.1) is 0 Å². The summed E-state index contributed by atoms with van der Waals surface area (Å²) in [5.41, 5.74) is 16.4. The van der Waals surface area contributed by atoms with E-state index in [1.807, 2.05) is 6.92 Å². The van der Waals surface area contributed by atoms with E-state index in [4.69, 9.17) is 5.43 Å². The minimum absolute atomic E-state index is 0.122. The molecule has 0 aromatic rings. The van der Waals surface area contributed by atoms with Gasteiger partial charge < -0.3 is 10.0 Å². The Balaban J connectivity index is 1.74. The molecular formula is C16H23IN6. The molecule has 0 aromatic carbocycles. The molecule has 1 spiro atoms. The molecule has 3 aliphatic heterocycles. The number of hydrazine groups is 2. The second-order valence-corrected chi connectivity index (χ2v) is 7.42. The van der Waals surface area contributed by atoms with Gasteiger partial charge in [-0.15, -0.1) is 0 Å². The standard InChI is InChI=1S/C16H23IN6/c1-11-6-7-15(20-22-19-13(3)18-11)16-9-12(2)23(21-16)8-4-5-14(17)10-23/h4-5,9-11,15,20,22H,2,6-8H2,1,3H3,(H,18,19). The van der Waals surface area contributed by atoms with Crippen LogP contribution in [0.5, 0.6) is 0 Å². The van der Waals surface area contributed by atoms with Crippen molar-refractivity contribution in [3.05, 3.63) is 51.4 Å². The van der Waals surface area contributed by atoms with E-state index >= 15 is 0 Å². The summed E-state index contributed by atoms with van der Waals surface area (Å²) in [6.07, 6.45) is 10.5. The lowest BCUT2D eigenvalue weighted by Gasteiger charge is -2.44. The zero-order chi connectivity index (χ0) is 16.4. The maximum absolute atomic E-state index is 4.98. The fraction of sp³-hybridized carbons (Fsp3) is 0.438. The predicted molar refractivity (Wildman–Crippen MR) is 102 cm³/mol. The Bertz CT molecular complexity index is 620. The molecule has 6 nitrogen and oxygen atoms in total. The van der Waals surface area contributed by atoms with Gasteiger partial charge in [-0.3, -0.25) is 10.4 Å². The third kappa shape index (κ3) is 3.68. The molecule has 7 heteroatoms. The normalized spacial score (nSPS) is 34.6. The van der Waals surface area contributed by atoms with Crippen LogP contribution >= 0.6 is 22.6 Å². The zero-order valence-electron chi connectivity index (χ0n) is 13.5. The minimum Gasteiger partial charge on any atom is -0.478 e. The molecule has 0 amide bonds. The second-order valence-electron chi connectivity index (χ2n) is 6.17. The highest BCUT2D eigenvalue weighted by molar-refractivity contribution is 14.1. The van der Waals surface area contributed by atoms with Crippen LogP contribution in [0.1, 0.15) is 26.7 Å². The smallest absolute Gasteiger partial charge is 0.124 e. The van der Waals surface area contributed by atoms with Crippen LogP contribution in [0.3, 0.4) is 0 Å². The number of allylic oxidation sites excluding steroid dienone is 3. The van der Waals surface area contributed by atoms with E-state index in [0.717, 1.165) is 36.6 Å². The first kappa shape index (κ1) is 16.7. The number of hydrogen-bond acceptors (Lipinski definition) is 4. The highest BCUT2D eigenvalue weighted by atomic mass is 127. The van der Waals surface area contributed by atoms with Gasteiger partial charge in [0, 0.05) is 12.1 Å². The van der Waals surface area contributed by atoms with Gasteiger partial charge in [-0.1, -0.05) is 5.70 Å². The van der Waals surface area contributed by atoms with Gasteiger partial charge in [-0.05, 0) is 74.1 Å². The van der Waals surface area contributed by atoms with Crippen LogP contribution in [-0.4, -0.2) is 29.1 Å². The molecule has 3 rings (SSSR count). The van der Waals surface area contributed by atoms with Gasteiger partial charge in [-0.2, -0.15) is 5.53 Å². The molecule has 0 saturated carbocycles. The van der Waals surface area contributed by atoms with Crippen LogP contribution in [0.15, 0.2) is 51.0 Å². The monoisotopic (exact) mass is 426 g/mol. The van der Waals surface area contributed by atoms with Gasteiger partial charge in [0.1, 0.15) is 24.3 Å². The number of nitrogens with zero attached hydrogens (tertiary/aromatic N) is 3. The lowest BCUT2D eigenvalue weighted by Crippen LogP contribution is -2.50. The molecule has 0 saturated heterocycles. The van der Waals surface area contributed by atoms with E-state index in [1.54, 1.807) is 0 Å². The van der Waals surface area contributed by atoms with Gasteiger partial charge in [-0.25, -0.2) is 5.43 Å². The van der Waals surface area contributed by atoms with Crippen LogP contribution in [0.25, 0.3) is 5.43 Å². The van der Waals surface area contributed by atoms with E-state index in [9.17, 15) is 0 Å². The van der Waals surface area contributed by atoms with Crippen LogP contribution in [-0.2, 0) is 0 Å². The summed E-state index contributed by atoms with van der Waals surface area (Å²) in [6, 6.07) is 0.413. The summed E-state index contributed by atoms with van der Waals surface area (Å²) in [5.74, 6) is 0.884. The molecule has 3 N–H and O–H groups in total. The highest BCUT2D eigenvalue weighted by Gasteiger charge is 2.30. The van der Waals surface area contributed by atoms with Crippen molar-refractivity contribution in [1.29, 1.82) is 0 Å². The first-order valence-electron chi connectivity index (χ1n) is 7.86. The number of halogens is 1. The van der Waals surface area contributed by atoms with Crippen LogP contribution < -0.4 is 16.4 Å². The van der Waals surface area contributed by atoms with E-state index in [-0.39, 0.29) is 6.04 Å². The molecule has 23 heavy (non-hydrogen) atoms. The Hall–Kier alpha value is -1.16. The largest absolute Gasteiger partial charge is 0.478 e. The molecule has 0 aliphatic carbocycles. The highest BCUT2D eigenvalue weighted by Crippen LogP contribution is 2.41. The van der Waals surface area contributed by atoms with Gasteiger partial charge in [0.25, 0.3) is 0 Å². The molecule has 0 bridgehead atoms. The second kappa shape index (κ2) is 6.76. The maximum atomic E-state index is 4.98. The molecule has 0 fully saturated rings. The van der Waals surface area contributed by atoms with Crippen molar-refractivity contribution in [3.63, 3.8) is 0 Å². The van der Waals surface area contributed by atoms with Gasteiger partial charge in [0.15, 0.2) is 0 Å². The summed E-state index contributed by atoms with van der Waals surface area (Å²) in [6.45, 7) is 9.15. The van der Waals surface area contributed by atoms with Gasteiger partial charge in [0.05, 0.1) is 3.58 Å². The number of amidine groups is 1. The average molecular weight is 426 g/mol. The number of quaternary nitrogens is 1. The molecule has 3 unspecified atom stereocenters. The van der Waals surface area contributed by atoms with Gasteiger partial charge in [0.2, 0.25) is 0 Å². The van der Waals surface area contributed by atoms with E-state index in [0.29, 0.717) is 10.6 Å². The van der Waals surface area contributed by atoms with Crippen molar-refractivity contribution in [1.82, 2.24) is 16.4 Å². The molecule has 3 heterocycles. The number of aliphatic imine (C=N–C) groups is 1. The predicted octanol–water partition coefficient (Wildman–Crippen LogP) is 2.92. The number of rotatable bonds is 1. The third-order valence-electron chi connectivity index (χ3n) is 4.24. The summed E-state index contributed by atoms with van der Waals surface area (Å²) < 4.78 is 1.65. The Morgan fingerprint density at radius 2 is 2.26 bits per heavy atom. The van der Waals surface area contributed by atoms with Crippen LogP contribution in [0.4, 0.5) is 0 Å². The van der Waals surface area contributed by atoms with Crippen molar-refractivity contribution >= 4 is 28.4 Å². The topological polar surface area (TPSA) is 62.6 Å². The quantitative estimate of drug-likeness (QED) is 0.447. The number of hydrogen-bond donors (Lipinski definition) is 3. The first-order chi connectivity index (χ1) is 11.0. The van der Waals surface area contributed by atoms with Crippen molar-refractivity contribution in [2.45, 2.75) is 38.8 Å². The molecule has 0 radical (unpaired) electrons. The Morgan fingerprint density at radius 1 is 1.43 bits per heavy atom. The lowest BCUT2D eigenvalue weighted by molar-refractivity contribution is -0.787. The lowest BCUT2D eigenvalue weighted by atomic mass is 10.1. The van der Waals surface area contributed by atoms with Crippen LogP contribution in [0.2, 0.25) is 0 Å². The summed E-state index contributed by atoms with van der Waals surface area (Å²) >= 11 is 2.33. The van der Waals surface area contributed by atoms with Crippen molar-refractivity contribution in [3.8, 4) is 0 Å². The Labute approximate surface area is 151 Å². The number of nitrogens with one attached hydrogen (secondary N) is 3. The Kier molecular flexibility index (Phi) is 4.90. The third-order valence-corrected chi connectivity index (χ3v) is 4.88. The SMILES string of the molecule is C=C1C=C(C2CCC(C)N=C(C)NNN2)[N-][N+]12C=C(I)C=CC2. The summed E-state index contributed by atoms with van der Waals surface area (Å²) in [5, 5.41) is 0. The van der Waals surface area contributed by atoms with Crippen molar-refractivity contribution in [2.75, 3.05) is 6.54 Å².